The molecule has 108 valence electrons. The molecule has 2 rings (SSSR count). The first-order valence-corrected chi connectivity index (χ1v) is 10.3. The normalized spacial score (nSPS) is 12.0. The van der Waals surface area contributed by atoms with Gasteiger partial charge in [0.15, 0.2) is 6.29 Å². The molecule has 1 aromatic carbocycles. The van der Waals surface area contributed by atoms with E-state index in [9.17, 15) is 9.18 Å². The molecule has 0 radical (unpaired) electrons. The Balaban J connectivity index is 2.03. The Morgan fingerprint density at radius 3 is 2.80 bits per heavy atom. The molecule has 0 N–H and O–H groups in total. The van der Waals surface area contributed by atoms with Crippen LogP contribution in [0.2, 0.25) is 25.7 Å². The molecule has 0 aliphatic rings. The molecule has 2 aromatic rings. The number of nitrogens with zero attached hydrogens (tertiary/aromatic N) is 2. The second-order valence-corrected chi connectivity index (χ2v) is 11.7. The third kappa shape index (κ3) is 3.74. The molecular weight excluding hydrogens is 275 g/mol. The maximum absolute atomic E-state index is 13.5. The molecule has 1 heterocycles. The van der Waals surface area contributed by atoms with Crippen molar-refractivity contribution in [2.24, 2.45) is 0 Å². The van der Waals surface area contributed by atoms with E-state index >= 15 is 0 Å². The lowest BCUT2D eigenvalue weighted by Crippen LogP contribution is -2.22. The number of rotatable bonds is 6. The summed E-state index contributed by atoms with van der Waals surface area (Å²) < 4.78 is 20.7. The smallest absolute Gasteiger partial charge is 0.153 e. The molecule has 0 bridgehead atoms. The van der Waals surface area contributed by atoms with Crippen molar-refractivity contribution in [3.05, 3.63) is 29.7 Å². The van der Waals surface area contributed by atoms with Crippen LogP contribution in [0.25, 0.3) is 10.9 Å². The summed E-state index contributed by atoms with van der Waals surface area (Å²) in [5.41, 5.74) is 0.582. The van der Waals surface area contributed by atoms with E-state index < -0.39 is 13.9 Å². The first-order chi connectivity index (χ1) is 9.39. The third-order valence-corrected chi connectivity index (χ3v) is 4.72. The summed E-state index contributed by atoms with van der Waals surface area (Å²) in [6, 6.07) is 3.87. The third-order valence-electron chi connectivity index (χ3n) is 3.02. The molecule has 0 fully saturated rings. The first kappa shape index (κ1) is 14.9. The molecule has 4 nitrogen and oxygen atoms in total. The summed E-state index contributed by atoms with van der Waals surface area (Å²) in [4.78, 5) is 10.7. The van der Waals surface area contributed by atoms with Crippen LogP contribution in [-0.4, -0.2) is 30.7 Å². The van der Waals surface area contributed by atoms with Gasteiger partial charge in [0.2, 0.25) is 0 Å². The van der Waals surface area contributed by atoms with Crippen molar-refractivity contribution in [3.8, 4) is 0 Å². The highest BCUT2D eigenvalue weighted by molar-refractivity contribution is 6.76. The van der Waals surface area contributed by atoms with Crippen LogP contribution in [0.3, 0.4) is 0 Å². The van der Waals surface area contributed by atoms with Crippen LogP contribution < -0.4 is 0 Å². The van der Waals surface area contributed by atoms with Crippen LogP contribution in [0.5, 0.6) is 0 Å². The zero-order valence-electron chi connectivity index (χ0n) is 12.0. The van der Waals surface area contributed by atoms with Crippen molar-refractivity contribution in [2.45, 2.75) is 32.4 Å². The van der Waals surface area contributed by atoms with Gasteiger partial charge in [0, 0.05) is 32.3 Å². The fourth-order valence-electron chi connectivity index (χ4n) is 1.81. The van der Waals surface area contributed by atoms with E-state index in [1.807, 2.05) is 0 Å². The lowest BCUT2D eigenvalue weighted by molar-refractivity contribution is 0.0791. The molecule has 0 saturated carbocycles. The number of aromatic nitrogens is 2. The second-order valence-electron chi connectivity index (χ2n) is 6.07. The van der Waals surface area contributed by atoms with E-state index in [1.165, 1.54) is 12.1 Å². The zero-order valence-corrected chi connectivity index (χ0v) is 13.0. The Hall–Kier alpha value is -1.53. The Morgan fingerprint density at radius 1 is 1.40 bits per heavy atom. The number of hydrogen-bond acceptors (Lipinski definition) is 3. The van der Waals surface area contributed by atoms with Gasteiger partial charge in [0.1, 0.15) is 12.5 Å². The molecule has 0 atom stereocenters. The van der Waals surface area contributed by atoms with E-state index in [-0.39, 0.29) is 5.56 Å². The molecule has 6 heteroatoms. The summed E-state index contributed by atoms with van der Waals surface area (Å²) in [7, 11) is -1.09. The number of carbonyl (C=O) groups excluding carboxylic acids is 1. The van der Waals surface area contributed by atoms with Crippen LogP contribution in [0, 0.1) is 5.82 Å². The lowest BCUT2D eigenvalue weighted by Gasteiger charge is -2.15. The Labute approximate surface area is 118 Å². The molecule has 0 spiro atoms. The number of benzene rings is 1. The molecule has 20 heavy (non-hydrogen) atoms. The van der Waals surface area contributed by atoms with E-state index in [1.54, 1.807) is 10.9 Å². The molecule has 0 aliphatic carbocycles. The van der Waals surface area contributed by atoms with E-state index in [0.717, 1.165) is 11.4 Å². The van der Waals surface area contributed by atoms with Crippen molar-refractivity contribution in [1.29, 1.82) is 0 Å². The van der Waals surface area contributed by atoms with Crippen molar-refractivity contribution >= 4 is 25.3 Å². The molecule has 0 amide bonds. The number of fused-ring (bicyclic) bond motifs is 1. The van der Waals surface area contributed by atoms with Crippen LogP contribution in [0.1, 0.15) is 10.4 Å². The monoisotopic (exact) mass is 294 g/mol. The molecule has 0 unspecified atom stereocenters. The molecule has 1 aromatic heterocycles. The summed E-state index contributed by atoms with van der Waals surface area (Å²) in [5, 5.41) is 4.97. The van der Waals surface area contributed by atoms with Gasteiger partial charge in [-0.2, -0.15) is 5.10 Å². The SMILES string of the molecule is C[Si](C)(C)CCOCn1cc2cc(C=O)c(F)cc2n1. The molecule has 0 saturated heterocycles. The average Bonchev–Trinajstić information content (AvgIpc) is 2.74. The minimum atomic E-state index is -1.09. The van der Waals surface area contributed by atoms with Crippen LogP contribution in [0.15, 0.2) is 18.3 Å². The average molecular weight is 294 g/mol. The summed E-state index contributed by atoms with van der Waals surface area (Å²) >= 11 is 0. The molecular formula is C14H19FN2O2Si. The van der Waals surface area contributed by atoms with Crippen molar-refractivity contribution in [1.82, 2.24) is 9.78 Å². The number of aldehydes is 1. The fourth-order valence-corrected chi connectivity index (χ4v) is 2.56. The van der Waals surface area contributed by atoms with Gasteiger partial charge < -0.3 is 4.74 Å². The Morgan fingerprint density at radius 2 is 2.15 bits per heavy atom. The van der Waals surface area contributed by atoms with Gasteiger partial charge in [-0.3, -0.25) is 4.79 Å². The van der Waals surface area contributed by atoms with Crippen molar-refractivity contribution in [3.63, 3.8) is 0 Å². The van der Waals surface area contributed by atoms with Gasteiger partial charge in [-0.05, 0) is 12.1 Å². The Kier molecular flexibility index (Phi) is 4.34. The highest BCUT2D eigenvalue weighted by Crippen LogP contribution is 2.17. The van der Waals surface area contributed by atoms with Crippen molar-refractivity contribution in [2.75, 3.05) is 6.61 Å². The zero-order chi connectivity index (χ0) is 14.8. The second kappa shape index (κ2) is 5.84. The Bertz CT molecular complexity index is 619. The fraction of sp³-hybridized carbons (Fsp3) is 0.429. The number of ether oxygens (including phenoxy) is 1. The van der Waals surface area contributed by atoms with Crippen LogP contribution in [0.4, 0.5) is 4.39 Å². The van der Waals surface area contributed by atoms with E-state index in [4.69, 9.17) is 4.74 Å². The summed E-state index contributed by atoms with van der Waals surface area (Å²) in [5.74, 6) is -0.544. The number of hydrogen-bond donors (Lipinski definition) is 0. The lowest BCUT2D eigenvalue weighted by atomic mass is 10.2. The largest absolute Gasteiger partial charge is 0.360 e. The standard InChI is InChI=1S/C14H19FN2O2Si/c1-20(2,3)5-4-19-10-17-8-11-6-12(9-18)13(15)7-14(11)16-17/h6-9H,4-5,10H2,1-3H3. The quantitative estimate of drug-likeness (QED) is 0.466. The maximum Gasteiger partial charge on any atom is 0.153 e. The predicted molar refractivity (Wildman–Crippen MR) is 79.2 cm³/mol. The highest BCUT2D eigenvalue weighted by Gasteiger charge is 2.12. The molecule has 0 aliphatic heterocycles. The van der Waals surface area contributed by atoms with E-state index in [2.05, 4.69) is 24.7 Å². The number of carbonyl (C=O) groups is 1. The van der Waals surface area contributed by atoms with Gasteiger partial charge in [0.05, 0.1) is 11.1 Å². The van der Waals surface area contributed by atoms with Gasteiger partial charge >= 0.3 is 0 Å². The summed E-state index contributed by atoms with van der Waals surface area (Å²) in [6.07, 6.45) is 2.27. The van der Waals surface area contributed by atoms with Crippen molar-refractivity contribution < 1.29 is 13.9 Å². The highest BCUT2D eigenvalue weighted by atomic mass is 28.3. The minimum Gasteiger partial charge on any atom is -0.360 e. The van der Waals surface area contributed by atoms with Crippen LogP contribution >= 0.6 is 0 Å². The van der Waals surface area contributed by atoms with Gasteiger partial charge in [-0.15, -0.1) is 0 Å². The maximum atomic E-state index is 13.5. The topological polar surface area (TPSA) is 44.1 Å². The van der Waals surface area contributed by atoms with Crippen LogP contribution in [-0.2, 0) is 11.5 Å². The first-order valence-electron chi connectivity index (χ1n) is 6.59. The van der Waals surface area contributed by atoms with Gasteiger partial charge in [-0.1, -0.05) is 19.6 Å². The van der Waals surface area contributed by atoms with E-state index in [0.29, 0.717) is 25.1 Å². The van der Waals surface area contributed by atoms with Gasteiger partial charge in [0.25, 0.3) is 0 Å². The predicted octanol–water partition coefficient (Wildman–Crippen LogP) is 3.30. The van der Waals surface area contributed by atoms with Gasteiger partial charge in [-0.25, -0.2) is 9.07 Å². The minimum absolute atomic E-state index is 0.0525. The number of halogens is 1. The summed E-state index contributed by atoms with van der Waals surface area (Å²) in [6.45, 7) is 7.93.